The smallest absolute Gasteiger partial charge is 0.269 e. The number of amides is 1. The molecule has 1 fully saturated rings. The summed E-state index contributed by atoms with van der Waals surface area (Å²) in [7, 11) is 1.74. The highest BCUT2D eigenvalue weighted by atomic mass is 16.5. The topological polar surface area (TPSA) is 114 Å². The molecule has 25 heavy (non-hydrogen) atoms. The van der Waals surface area contributed by atoms with E-state index in [4.69, 9.17) is 10.5 Å². The molecule has 0 aliphatic heterocycles. The van der Waals surface area contributed by atoms with Crippen molar-refractivity contribution in [1.29, 1.82) is 0 Å². The summed E-state index contributed by atoms with van der Waals surface area (Å²) in [6.07, 6.45) is 10.6. The van der Waals surface area contributed by atoms with Crippen molar-refractivity contribution in [1.82, 2.24) is 29.3 Å². The van der Waals surface area contributed by atoms with Crippen LogP contribution in [-0.4, -0.2) is 48.4 Å². The summed E-state index contributed by atoms with van der Waals surface area (Å²) >= 11 is 0. The fourth-order valence-corrected chi connectivity index (χ4v) is 3.42. The SMILES string of the molecule is COC1CCC(n2ncc3nc(-n4ccnc4)nc(C(N)=O)c32)CC1. The first-order valence-corrected chi connectivity index (χ1v) is 8.23. The number of rotatable bonds is 4. The maximum absolute atomic E-state index is 12.0. The zero-order valence-corrected chi connectivity index (χ0v) is 13.9. The average molecular weight is 341 g/mol. The number of fused-ring (bicyclic) bond motifs is 1. The second kappa shape index (κ2) is 6.25. The summed E-state index contributed by atoms with van der Waals surface area (Å²) in [6.45, 7) is 0. The van der Waals surface area contributed by atoms with Gasteiger partial charge in [0.1, 0.15) is 17.4 Å². The van der Waals surface area contributed by atoms with Crippen LogP contribution in [0.5, 0.6) is 0 Å². The van der Waals surface area contributed by atoms with Crippen molar-refractivity contribution in [2.75, 3.05) is 7.11 Å². The second-order valence-electron chi connectivity index (χ2n) is 6.20. The van der Waals surface area contributed by atoms with Crippen molar-refractivity contribution in [3.63, 3.8) is 0 Å². The summed E-state index contributed by atoms with van der Waals surface area (Å²) in [5.41, 5.74) is 6.96. The standard InChI is InChI=1S/C16H19N7O2/c1-25-11-4-2-10(3-5-11)23-14-12(8-19-23)20-16(21-13(14)15(17)24)22-7-6-18-9-22/h6-11H,2-5H2,1H3,(H2,17,24). The van der Waals surface area contributed by atoms with Crippen molar-refractivity contribution in [3.8, 4) is 5.95 Å². The summed E-state index contributed by atoms with van der Waals surface area (Å²) in [5, 5.41) is 4.48. The molecule has 3 aromatic heterocycles. The minimum atomic E-state index is -0.596. The summed E-state index contributed by atoms with van der Waals surface area (Å²) in [4.78, 5) is 24.9. The quantitative estimate of drug-likeness (QED) is 0.764. The van der Waals surface area contributed by atoms with Gasteiger partial charge in [0.05, 0.1) is 18.3 Å². The molecule has 0 radical (unpaired) electrons. The van der Waals surface area contributed by atoms with Gasteiger partial charge in [0.25, 0.3) is 5.91 Å². The number of hydrogen-bond donors (Lipinski definition) is 1. The van der Waals surface area contributed by atoms with Crippen LogP contribution in [0.3, 0.4) is 0 Å². The summed E-state index contributed by atoms with van der Waals surface area (Å²) in [5.74, 6) is -0.248. The zero-order chi connectivity index (χ0) is 17.4. The molecule has 1 amide bonds. The Kier molecular flexibility index (Phi) is 3.92. The van der Waals surface area contributed by atoms with Gasteiger partial charge in [0.15, 0.2) is 5.69 Å². The van der Waals surface area contributed by atoms with E-state index in [1.54, 1.807) is 36.6 Å². The second-order valence-corrected chi connectivity index (χ2v) is 6.20. The average Bonchev–Trinajstić information content (AvgIpc) is 3.30. The summed E-state index contributed by atoms with van der Waals surface area (Å²) in [6, 6.07) is 0.185. The number of hydrogen-bond acceptors (Lipinski definition) is 6. The fourth-order valence-electron chi connectivity index (χ4n) is 3.42. The van der Waals surface area contributed by atoms with E-state index in [0.29, 0.717) is 17.0 Å². The number of ether oxygens (including phenoxy) is 1. The Morgan fingerprint density at radius 3 is 2.72 bits per heavy atom. The lowest BCUT2D eigenvalue weighted by Crippen LogP contribution is -2.24. The van der Waals surface area contributed by atoms with Crippen LogP contribution in [0, 0.1) is 0 Å². The first-order chi connectivity index (χ1) is 12.2. The van der Waals surface area contributed by atoms with Gasteiger partial charge in [-0.25, -0.2) is 15.0 Å². The number of carbonyl (C=O) groups excluding carboxylic acids is 1. The number of carbonyl (C=O) groups is 1. The number of aromatic nitrogens is 6. The van der Waals surface area contributed by atoms with Crippen LogP contribution in [0.4, 0.5) is 0 Å². The highest BCUT2D eigenvalue weighted by molar-refractivity contribution is 6.02. The van der Waals surface area contributed by atoms with E-state index in [0.717, 1.165) is 25.7 Å². The molecule has 2 N–H and O–H groups in total. The van der Waals surface area contributed by atoms with Crippen LogP contribution in [0.1, 0.15) is 42.2 Å². The Hall–Kier alpha value is -2.81. The lowest BCUT2D eigenvalue weighted by atomic mass is 9.93. The molecule has 0 bridgehead atoms. The van der Waals surface area contributed by atoms with Gasteiger partial charge >= 0.3 is 0 Å². The molecule has 1 saturated carbocycles. The fraction of sp³-hybridized carbons (Fsp3) is 0.438. The van der Waals surface area contributed by atoms with Crippen LogP contribution in [0.15, 0.2) is 24.9 Å². The Balaban J connectivity index is 1.78. The van der Waals surface area contributed by atoms with Crippen molar-refractivity contribution in [3.05, 3.63) is 30.6 Å². The molecule has 9 nitrogen and oxygen atoms in total. The van der Waals surface area contributed by atoms with Gasteiger partial charge < -0.3 is 10.5 Å². The van der Waals surface area contributed by atoms with E-state index in [-0.39, 0.29) is 17.8 Å². The van der Waals surface area contributed by atoms with Crippen molar-refractivity contribution < 1.29 is 9.53 Å². The number of primary amides is 1. The van der Waals surface area contributed by atoms with Crippen LogP contribution in [0.25, 0.3) is 17.0 Å². The van der Waals surface area contributed by atoms with E-state index in [2.05, 4.69) is 20.1 Å². The molecule has 4 rings (SSSR count). The Labute approximate surface area is 143 Å². The molecule has 3 heterocycles. The molecule has 0 saturated heterocycles. The third kappa shape index (κ3) is 2.76. The molecule has 9 heteroatoms. The molecule has 1 aliphatic rings. The highest BCUT2D eigenvalue weighted by Gasteiger charge is 2.26. The first-order valence-electron chi connectivity index (χ1n) is 8.23. The van der Waals surface area contributed by atoms with Crippen molar-refractivity contribution >= 4 is 16.9 Å². The number of imidazole rings is 1. The number of nitrogens with two attached hydrogens (primary N) is 1. The molecule has 130 valence electrons. The van der Waals surface area contributed by atoms with Crippen LogP contribution in [-0.2, 0) is 4.74 Å². The van der Waals surface area contributed by atoms with Gasteiger partial charge in [-0.05, 0) is 25.7 Å². The maximum atomic E-state index is 12.0. The number of methoxy groups -OCH3 is 1. The largest absolute Gasteiger partial charge is 0.381 e. The van der Waals surface area contributed by atoms with Gasteiger partial charge in [-0.1, -0.05) is 0 Å². The normalized spacial score (nSPS) is 20.8. The van der Waals surface area contributed by atoms with Crippen molar-refractivity contribution in [2.24, 2.45) is 5.73 Å². The van der Waals surface area contributed by atoms with E-state index in [1.165, 1.54) is 0 Å². The summed E-state index contributed by atoms with van der Waals surface area (Å²) < 4.78 is 8.90. The Morgan fingerprint density at radius 2 is 2.08 bits per heavy atom. The Bertz CT molecular complexity index is 895. The lowest BCUT2D eigenvalue weighted by molar-refractivity contribution is 0.0574. The van der Waals surface area contributed by atoms with Crippen molar-refractivity contribution in [2.45, 2.75) is 37.8 Å². The van der Waals surface area contributed by atoms with Gasteiger partial charge in [-0.2, -0.15) is 5.10 Å². The predicted octanol–water partition coefficient (Wildman–Crippen LogP) is 1.24. The minimum absolute atomic E-state index is 0.181. The van der Waals surface area contributed by atoms with E-state index < -0.39 is 5.91 Å². The molecule has 0 aromatic carbocycles. The first kappa shape index (κ1) is 15.7. The van der Waals surface area contributed by atoms with Gasteiger partial charge in [-0.3, -0.25) is 14.0 Å². The van der Waals surface area contributed by atoms with E-state index >= 15 is 0 Å². The molecular formula is C16H19N7O2. The molecular weight excluding hydrogens is 322 g/mol. The monoisotopic (exact) mass is 341 g/mol. The van der Waals surface area contributed by atoms with E-state index in [9.17, 15) is 4.79 Å². The van der Waals surface area contributed by atoms with E-state index in [1.807, 2.05) is 4.68 Å². The maximum Gasteiger partial charge on any atom is 0.269 e. The molecule has 1 aliphatic carbocycles. The third-order valence-electron chi connectivity index (χ3n) is 4.72. The van der Waals surface area contributed by atoms with Gasteiger partial charge in [0.2, 0.25) is 5.95 Å². The number of nitrogens with zero attached hydrogens (tertiary/aromatic N) is 6. The predicted molar refractivity (Wildman–Crippen MR) is 89.3 cm³/mol. The van der Waals surface area contributed by atoms with Gasteiger partial charge in [0, 0.05) is 19.5 Å². The zero-order valence-electron chi connectivity index (χ0n) is 13.9. The third-order valence-corrected chi connectivity index (χ3v) is 4.72. The molecule has 0 atom stereocenters. The molecule has 0 spiro atoms. The highest BCUT2D eigenvalue weighted by Crippen LogP contribution is 2.32. The van der Waals surface area contributed by atoms with Crippen LogP contribution in [0.2, 0.25) is 0 Å². The van der Waals surface area contributed by atoms with Crippen LogP contribution < -0.4 is 5.73 Å². The molecule has 0 unspecified atom stereocenters. The van der Waals surface area contributed by atoms with Crippen LogP contribution >= 0.6 is 0 Å². The molecule has 3 aromatic rings. The lowest BCUT2D eigenvalue weighted by Gasteiger charge is -2.28. The Morgan fingerprint density at radius 1 is 1.28 bits per heavy atom. The minimum Gasteiger partial charge on any atom is -0.381 e. The van der Waals surface area contributed by atoms with Gasteiger partial charge in [-0.15, -0.1) is 0 Å².